The summed E-state index contributed by atoms with van der Waals surface area (Å²) >= 11 is 0. The van der Waals surface area contributed by atoms with Crippen molar-refractivity contribution in [2.75, 3.05) is 6.26 Å². The molecule has 4 fully saturated rings. The minimum absolute atomic E-state index is 0.221. The first kappa shape index (κ1) is 22.8. The van der Waals surface area contributed by atoms with E-state index in [1.807, 2.05) is 0 Å². The Kier molecular flexibility index (Phi) is 5.55. The third kappa shape index (κ3) is 4.66. The molecule has 0 radical (unpaired) electrons. The van der Waals surface area contributed by atoms with Crippen molar-refractivity contribution in [2.24, 2.45) is 5.92 Å². The van der Waals surface area contributed by atoms with Crippen LogP contribution in [0.15, 0.2) is 42.5 Å². The van der Waals surface area contributed by atoms with E-state index in [0.717, 1.165) is 19.1 Å². The predicted octanol–water partition coefficient (Wildman–Crippen LogP) is 3.71. The van der Waals surface area contributed by atoms with Gasteiger partial charge in [0.25, 0.3) is 0 Å². The molecule has 0 amide bonds. The number of fused-ring (bicyclic) bond motifs is 2. The highest BCUT2D eigenvalue weighted by atomic mass is 32.2. The molecule has 3 heterocycles. The average molecular weight is 485 g/mol. The summed E-state index contributed by atoms with van der Waals surface area (Å²) in [6.45, 7) is 0. The maximum atomic E-state index is 15.5. The zero-order valence-corrected chi connectivity index (χ0v) is 18.6. The van der Waals surface area contributed by atoms with Gasteiger partial charge in [-0.1, -0.05) is 36.4 Å². The summed E-state index contributed by atoms with van der Waals surface area (Å²) in [6, 6.07) is 11.0. The molecule has 6 rings (SSSR count). The number of sulfonamides is 1. The van der Waals surface area contributed by atoms with E-state index in [9.17, 15) is 21.6 Å². The molecule has 2 aromatic rings. The van der Waals surface area contributed by atoms with Crippen molar-refractivity contribution in [3.63, 3.8) is 0 Å². The highest BCUT2D eigenvalue weighted by molar-refractivity contribution is 7.88. The molecule has 2 N–H and O–H groups in total. The molecular formula is C23H24F4N2O3S. The van der Waals surface area contributed by atoms with E-state index < -0.39 is 34.2 Å². The largest absolute Gasteiger partial charge is 0.417 e. The minimum atomic E-state index is -4.43. The lowest BCUT2D eigenvalue weighted by Gasteiger charge is -2.52. The second-order valence-corrected chi connectivity index (χ2v) is 11.0. The Morgan fingerprint density at radius 2 is 1.88 bits per heavy atom. The van der Waals surface area contributed by atoms with Crippen molar-refractivity contribution in [3.05, 3.63) is 59.4 Å². The third-order valence-corrected chi connectivity index (χ3v) is 7.48. The molecular weight excluding hydrogens is 460 g/mol. The fraction of sp³-hybridized carbons (Fsp3) is 0.478. The van der Waals surface area contributed by atoms with Gasteiger partial charge in [-0.05, 0) is 47.9 Å². The van der Waals surface area contributed by atoms with Gasteiger partial charge in [0.2, 0.25) is 10.0 Å². The van der Waals surface area contributed by atoms with Gasteiger partial charge in [0.15, 0.2) is 6.10 Å². The zero-order valence-electron chi connectivity index (χ0n) is 17.8. The highest BCUT2D eigenvalue weighted by Gasteiger charge is 2.58. The number of benzene rings is 2. The maximum absolute atomic E-state index is 15.5. The number of hydrogen-bond donors (Lipinski definition) is 2. The molecule has 5 nitrogen and oxygen atoms in total. The molecule has 2 aromatic carbocycles. The van der Waals surface area contributed by atoms with Crippen molar-refractivity contribution < 1.29 is 30.7 Å². The van der Waals surface area contributed by atoms with Crippen LogP contribution >= 0.6 is 0 Å². The second kappa shape index (κ2) is 8.04. The van der Waals surface area contributed by atoms with Crippen LogP contribution in [0, 0.1) is 11.7 Å². The summed E-state index contributed by atoms with van der Waals surface area (Å²) in [4.78, 5) is 0. The van der Waals surface area contributed by atoms with Crippen molar-refractivity contribution in [3.8, 4) is 11.1 Å². The van der Waals surface area contributed by atoms with E-state index in [-0.39, 0.29) is 23.6 Å². The maximum Gasteiger partial charge on any atom is 0.417 e. The second-order valence-electron chi connectivity index (χ2n) is 9.24. The molecule has 33 heavy (non-hydrogen) atoms. The normalized spacial score (nSPS) is 31.2. The Hall–Kier alpha value is -2.01. The van der Waals surface area contributed by atoms with Crippen LogP contribution in [0.1, 0.15) is 30.1 Å². The van der Waals surface area contributed by atoms with E-state index in [2.05, 4.69) is 10.0 Å². The summed E-state index contributed by atoms with van der Waals surface area (Å²) in [5, 5.41) is 3.42. The lowest BCUT2D eigenvalue weighted by Crippen LogP contribution is -2.67. The molecule has 1 aliphatic carbocycles. The van der Waals surface area contributed by atoms with Crippen LogP contribution in [-0.4, -0.2) is 45.1 Å². The van der Waals surface area contributed by atoms with Crippen LogP contribution in [0.4, 0.5) is 17.6 Å². The Balaban J connectivity index is 1.38. The number of halogens is 4. The third-order valence-electron chi connectivity index (χ3n) is 6.77. The topological polar surface area (TPSA) is 70.7 Å². The number of epoxide rings is 1. The van der Waals surface area contributed by atoms with Gasteiger partial charge < -0.3 is 10.1 Å². The minimum Gasteiger partial charge on any atom is -0.355 e. The SMILES string of the molecule is CS(=O)(=O)N[C@H]1C2CC(C2)N[C@H]1Cc1cccc(-c2cccc(C3OC3C(F)(F)F)c2)c1F. The molecule has 0 aromatic heterocycles. The average Bonchev–Trinajstić information content (AvgIpc) is 3.50. The molecule has 4 aliphatic rings. The van der Waals surface area contributed by atoms with Gasteiger partial charge in [-0.2, -0.15) is 13.2 Å². The van der Waals surface area contributed by atoms with Crippen molar-refractivity contribution in [2.45, 2.75) is 55.8 Å². The van der Waals surface area contributed by atoms with Crippen molar-refractivity contribution in [1.82, 2.24) is 10.0 Å². The molecule has 0 spiro atoms. The van der Waals surface area contributed by atoms with Crippen LogP contribution in [0.2, 0.25) is 0 Å². The van der Waals surface area contributed by atoms with Crippen LogP contribution in [-0.2, 0) is 21.2 Å². The van der Waals surface area contributed by atoms with Crippen molar-refractivity contribution in [1.29, 1.82) is 0 Å². The zero-order chi connectivity index (χ0) is 23.5. The van der Waals surface area contributed by atoms with Gasteiger partial charge in [-0.3, -0.25) is 0 Å². The summed E-state index contributed by atoms with van der Waals surface area (Å²) in [5.74, 6) is -0.239. The fourth-order valence-electron chi connectivity index (χ4n) is 5.13. The number of ether oxygens (including phenoxy) is 1. The van der Waals surface area contributed by atoms with Crippen LogP contribution in [0.25, 0.3) is 11.1 Å². The lowest BCUT2D eigenvalue weighted by molar-refractivity contribution is -0.146. The Labute approximate surface area is 189 Å². The van der Waals surface area contributed by atoms with Gasteiger partial charge in [0, 0.05) is 23.7 Å². The van der Waals surface area contributed by atoms with E-state index in [1.54, 1.807) is 36.4 Å². The Morgan fingerprint density at radius 1 is 1.15 bits per heavy atom. The smallest absolute Gasteiger partial charge is 0.355 e. The van der Waals surface area contributed by atoms with Crippen molar-refractivity contribution >= 4 is 10.0 Å². The number of hydrogen-bond acceptors (Lipinski definition) is 4. The van der Waals surface area contributed by atoms with E-state index in [1.165, 1.54) is 6.07 Å². The summed E-state index contributed by atoms with van der Waals surface area (Å²) in [7, 11) is -3.42. The molecule has 1 saturated carbocycles. The van der Waals surface area contributed by atoms with E-state index >= 15 is 4.39 Å². The predicted molar refractivity (Wildman–Crippen MR) is 114 cm³/mol. The van der Waals surface area contributed by atoms with Crippen LogP contribution in [0.5, 0.6) is 0 Å². The molecule has 2 bridgehead atoms. The van der Waals surface area contributed by atoms with Crippen LogP contribution < -0.4 is 10.0 Å². The monoisotopic (exact) mass is 484 g/mol. The van der Waals surface area contributed by atoms with Gasteiger partial charge in [-0.15, -0.1) is 0 Å². The van der Waals surface area contributed by atoms with Gasteiger partial charge in [0.05, 0.1) is 6.26 Å². The van der Waals surface area contributed by atoms with Crippen LogP contribution in [0.3, 0.4) is 0 Å². The summed E-state index contributed by atoms with van der Waals surface area (Å²) in [5.41, 5.74) is 1.53. The number of nitrogens with one attached hydrogen (secondary N) is 2. The lowest BCUT2D eigenvalue weighted by atomic mass is 9.68. The first-order valence-electron chi connectivity index (χ1n) is 10.8. The Morgan fingerprint density at radius 3 is 2.55 bits per heavy atom. The summed E-state index contributed by atoms with van der Waals surface area (Å²) in [6.07, 6.45) is -4.14. The molecule has 3 aliphatic heterocycles. The first-order chi connectivity index (χ1) is 15.5. The summed E-state index contributed by atoms with van der Waals surface area (Å²) < 4.78 is 85.3. The molecule has 3 saturated heterocycles. The highest BCUT2D eigenvalue weighted by Crippen LogP contribution is 2.48. The standard InChI is InChI=1S/C23H24F4N2O3S/c1-33(30,31)29-20-15-9-16(10-15)28-18(20)11-13-5-3-7-17(19(13)24)12-4-2-6-14(8-12)21-22(32-21)23(25,26)27/h2-8,15-16,18,20-22,28-29H,9-11H2,1H3/t15?,16?,18-,20-,21?,22?/m0/s1. The number of alkyl halides is 3. The molecule has 2 unspecified atom stereocenters. The number of piperidine rings is 2. The molecule has 178 valence electrons. The van der Waals surface area contributed by atoms with Gasteiger partial charge >= 0.3 is 6.18 Å². The van der Waals surface area contributed by atoms with E-state index in [0.29, 0.717) is 29.2 Å². The van der Waals surface area contributed by atoms with Gasteiger partial charge in [-0.25, -0.2) is 17.5 Å². The quantitative estimate of drug-likeness (QED) is 0.485. The van der Waals surface area contributed by atoms with E-state index in [4.69, 9.17) is 4.74 Å². The first-order valence-corrected chi connectivity index (χ1v) is 12.7. The Bertz CT molecular complexity index is 1160. The molecule has 10 heteroatoms. The fourth-order valence-corrected chi connectivity index (χ4v) is 5.98. The number of rotatable bonds is 6. The molecule has 4 atom stereocenters. The van der Waals surface area contributed by atoms with Gasteiger partial charge in [0.1, 0.15) is 11.9 Å².